The van der Waals surface area contributed by atoms with E-state index in [2.05, 4.69) is 20.3 Å². The Kier molecular flexibility index (Phi) is 4.38. The normalized spacial score (nSPS) is 10.3. The number of benzene rings is 1. The summed E-state index contributed by atoms with van der Waals surface area (Å²) in [5, 5.41) is 11.0. The summed E-state index contributed by atoms with van der Waals surface area (Å²) in [7, 11) is 0. The van der Waals surface area contributed by atoms with Crippen LogP contribution in [0.2, 0.25) is 0 Å². The lowest BCUT2D eigenvalue weighted by atomic mass is 10.1. The van der Waals surface area contributed by atoms with Gasteiger partial charge in [-0.2, -0.15) is 0 Å². The van der Waals surface area contributed by atoms with Crippen LogP contribution in [0, 0.1) is 5.41 Å². The average molecular weight is 303 g/mol. The van der Waals surface area contributed by atoms with E-state index in [1.54, 1.807) is 12.4 Å². The van der Waals surface area contributed by atoms with E-state index in [4.69, 9.17) is 5.41 Å². The largest absolute Gasteiger partial charge is 0.340 e. The van der Waals surface area contributed by atoms with E-state index in [-0.39, 0.29) is 0 Å². The minimum atomic E-state index is 0.609. The minimum absolute atomic E-state index is 0.609. The van der Waals surface area contributed by atoms with E-state index in [0.29, 0.717) is 11.5 Å². The molecule has 2 aromatic heterocycles. The van der Waals surface area contributed by atoms with Crippen LogP contribution in [0.4, 0.5) is 11.5 Å². The molecule has 114 valence electrons. The third-order valence-electron chi connectivity index (χ3n) is 3.50. The van der Waals surface area contributed by atoms with Gasteiger partial charge in [-0.05, 0) is 18.6 Å². The quantitative estimate of drug-likeness (QED) is 0.702. The van der Waals surface area contributed by atoms with Gasteiger partial charge in [-0.3, -0.25) is 4.98 Å². The lowest BCUT2D eigenvalue weighted by molar-refractivity contribution is 1.04. The van der Waals surface area contributed by atoms with Gasteiger partial charge in [0.25, 0.3) is 0 Å². The van der Waals surface area contributed by atoms with Gasteiger partial charge in [0.1, 0.15) is 5.82 Å². The van der Waals surface area contributed by atoms with Crippen LogP contribution in [0.3, 0.4) is 0 Å². The molecule has 0 aliphatic carbocycles. The van der Waals surface area contributed by atoms with Crippen molar-refractivity contribution in [3.05, 3.63) is 66.1 Å². The van der Waals surface area contributed by atoms with Crippen molar-refractivity contribution in [2.24, 2.45) is 0 Å². The first-order valence-electron chi connectivity index (χ1n) is 7.45. The fourth-order valence-electron chi connectivity index (χ4n) is 2.36. The molecule has 0 aliphatic rings. The Morgan fingerprint density at radius 3 is 2.43 bits per heavy atom. The van der Waals surface area contributed by atoms with Crippen LogP contribution in [-0.2, 0) is 6.42 Å². The van der Waals surface area contributed by atoms with Gasteiger partial charge >= 0.3 is 0 Å². The maximum absolute atomic E-state index is 7.67. The summed E-state index contributed by atoms with van der Waals surface area (Å²) in [6, 6.07) is 13.5. The summed E-state index contributed by atoms with van der Waals surface area (Å²) in [6.07, 6.45) is 5.48. The van der Waals surface area contributed by atoms with Crippen LogP contribution in [0.25, 0.3) is 11.4 Å². The lowest BCUT2D eigenvalue weighted by Gasteiger charge is -2.14. The molecule has 5 heteroatoms. The molecule has 0 aliphatic heterocycles. The molecule has 0 amide bonds. The molecule has 0 bridgehead atoms. The Balaban J connectivity index is 2.10. The van der Waals surface area contributed by atoms with Crippen LogP contribution in [0.15, 0.2) is 54.9 Å². The highest BCUT2D eigenvalue weighted by molar-refractivity contribution is 5.81. The van der Waals surface area contributed by atoms with Crippen LogP contribution in [0.5, 0.6) is 0 Å². The van der Waals surface area contributed by atoms with Gasteiger partial charge in [-0.1, -0.05) is 37.3 Å². The highest BCUT2D eigenvalue weighted by Crippen LogP contribution is 2.25. The zero-order chi connectivity index (χ0) is 16.1. The Morgan fingerprint density at radius 2 is 1.78 bits per heavy atom. The first-order chi connectivity index (χ1) is 11.3. The number of aromatic nitrogens is 3. The predicted octanol–water partition coefficient (Wildman–Crippen LogP) is 3.84. The van der Waals surface area contributed by atoms with Crippen molar-refractivity contribution in [3.8, 4) is 11.4 Å². The second-order valence-electron chi connectivity index (χ2n) is 4.98. The van der Waals surface area contributed by atoms with Crippen molar-refractivity contribution in [2.45, 2.75) is 13.3 Å². The molecule has 2 N–H and O–H groups in total. The van der Waals surface area contributed by atoms with Crippen molar-refractivity contribution in [1.29, 1.82) is 5.41 Å². The van der Waals surface area contributed by atoms with E-state index < -0.39 is 0 Å². The third kappa shape index (κ3) is 3.23. The monoisotopic (exact) mass is 303 g/mol. The van der Waals surface area contributed by atoms with Crippen LogP contribution < -0.4 is 5.32 Å². The second kappa shape index (κ2) is 6.79. The molecule has 0 saturated carbocycles. The molecule has 3 aromatic rings. The minimum Gasteiger partial charge on any atom is -0.340 e. The first kappa shape index (κ1) is 14.8. The molecular weight excluding hydrogens is 286 g/mol. The molecule has 0 unspecified atom stereocenters. The number of rotatable bonds is 5. The molecule has 0 saturated heterocycles. The number of nitrogens with zero attached hydrogens (tertiary/aromatic N) is 3. The average Bonchev–Trinajstić information content (AvgIpc) is 2.62. The molecular formula is C18H17N5. The molecule has 2 heterocycles. The molecule has 0 atom stereocenters. The summed E-state index contributed by atoms with van der Waals surface area (Å²) in [6.45, 7) is 2.03. The van der Waals surface area contributed by atoms with Crippen LogP contribution >= 0.6 is 0 Å². The Hall–Kier alpha value is -3.08. The van der Waals surface area contributed by atoms with Gasteiger partial charge in [0.15, 0.2) is 5.82 Å². The number of hydrogen-bond donors (Lipinski definition) is 2. The number of pyridine rings is 1. The Labute approximate surface area is 135 Å². The smallest absolute Gasteiger partial charge is 0.162 e. The summed E-state index contributed by atoms with van der Waals surface area (Å²) in [4.78, 5) is 13.2. The van der Waals surface area contributed by atoms with E-state index in [9.17, 15) is 0 Å². The van der Waals surface area contributed by atoms with Crippen molar-refractivity contribution >= 4 is 17.7 Å². The van der Waals surface area contributed by atoms with E-state index in [1.807, 2.05) is 49.4 Å². The predicted molar refractivity (Wildman–Crippen MR) is 92.3 cm³/mol. The maximum Gasteiger partial charge on any atom is 0.162 e. The summed E-state index contributed by atoms with van der Waals surface area (Å²) < 4.78 is 0. The van der Waals surface area contributed by atoms with Crippen LogP contribution in [-0.4, -0.2) is 21.2 Å². The Bertz CT molecular complexity index is 800. The van der Waals surface area contributed by atoms with Gasteiger partial charge in [-0.15, -0.1) is 0 Å². The highest BCUT2D eigenvalue weighted by Gasteiger charge is 2.13. The molecule has 5 nitrogen and oxygen atoms in total. The zero-order valence-electron chi connectivity index (χ0n) is 12.8. The second-order valence-corrected chi connectivity index (χ2v) is 4.98. The zero-order valence-corrected chi connectivity index (χ0v) is 12.8. The summed E-state index contributed by atoms with van der Waals surface area (Å²) >= 11 is 0. The van der Waals surface area contributed by atoms with Gasteiger partial charge in [0.05, 0.1) is 5.69 Å². The highest BCUT2D eigenvalue weighted by atomic mass is 15.0. The first-order valence-corrected chi connectivity index (χ1v) is 7.45. The van der Waals surface area contributed by atoms with Crippen molar-refractivity contribution in [2.75, 3.05) is 5.32 Å². The van der Waals surface area contributed by atoms with Crippen molar-refractivity contribution < 1.29 is 0 Å². The van der Waals surface area contributed by atoms with Gasteiger partial charge < -0.3 is 10.7 Å². The van der Waals surface area contributed by atoms with Gasteiger partial charge in [0.2, 0.25) is 0 Å². The maximum atomic E-state index is 7.67. The van der Waals surface area contributed by atoms with E-state index >= 15 is 0 Å². The van der Waals surface area contributed by atoms with E-state index in [0.717, 1.165) is 29.1 Å². The SMILES string of the molecule is CCc1c(C=N)nc(-c2ccccc2)nc1Nc1ccncc1. The van der Waals surface area contributed by atoms with Crippen LogP contribution in [0.1, 0.15) is 18.2 Å². The standard InChI is InChI=1S/C18H17N5/c1-2-15-16(12-19)22-17(13-6-4-3-5-7-13)23-18(15)21-14-8-10-20-11-9-14/h3-12,19H,2H2,1H3,(H,20,21,22,23). The topological polar surface area (TPSA) is 74.6 Å². The Morgan fingerprint density at radius 1 is 1.04 bits per heavy atom. The number of hydrogen-bond acceptors (Lipinski definition) is 5. The van der Waals surface area contributed by atoms with Gasteiger partial charge in [0, 0.05) is 35.4 Å². The third-order valence-corrected chi connectivity index (χ3v) is 3.50. The summed E-state index contributed by atoms with van der Waals surface area (Å²) in [5.74, 6) is 1.34. The molecule has 0 spiro atoms. The van der Waals surface area contributed by atoms with Crippen molar-refractivity contribution in [3.63, 3.8) is 0 Å². The summed E-state index contributed by atoms with van der Waals surface area (Å²) in [5.41, 5.74) is 3.40. The number of anilines is 2. The lowest BCUT2D eigenvalue weighted by Crippen LogP contribution is -2.07. The number of nitrogens with one attached hydrogen (secondary N) is 2. The molecule has 0 radical (unpaired) electrons. The molecule has 0 fully saturated rings. The van der Waals surface area contributed by atoms with Gasteiger partial charge in [-0.25, -0.2) is 9.97 Å². The molecule has 3 rings (SSSR count). The molecule has 23 heavy (non-hydrogen) atoms. The van der Waals surface area contributed by atoms with Crippen molar-refractivity contribution in [1.82, 2.24) is 15.0 Å². The fourth-order valence-corrected chi connectivity index (χ4v) is 2.36. The molecule has 1 aromatic carbocycles. The fraction of sp³-hybridized carbons (Fsp3) is 0.111. The van der Waals surface area contributed by atoms with E-state index in [1.165, 1.54) is 6.21 Å².